The number of carboxylic acid groups (broad SMARTS) is 1. The van der Waals surface area contributed by atoms with E-state index in [4.69, 9.17) is 10.2 Å². The van der Waals surface area contributed by atoms with Crippen molar-refractivity contribution in [2.45, 2.75) is 39.4 Å². The second kappa shape index (κ2) is 8.64. The summed E-state index contributed by atoms with van der Waals surface area (Å²) in [6.07, 6.45) is 2.99. The zero-order valence-corrected chi connectivity index (χ0v) is 15.7. The minimum absolute atomic E-state index is 0.452. The van der Waals surface area contributed by atoms with Gasteiger partial charge in [-0.2, -0.15) is 5.10 Å². The molecule has 0 radical (unpaired) electrons. The quantitative estimate of drug-likeness (QED) is 0.640. The molecular weight excluding hydrogens is 338 g/mol. The van der Waals surface area contributed by atoms with Crippen molar-refractivity contribution in [2.75, 3.05) is 0 Å². The third-order valence-corrected chi connectivity index (χ3v) is 4.63. The number of hydrogen-bond donors (Lipinski definition) is 2. The van der Waals surface area contributed by atoms with Gasteiger partial charge in [0.2, 0.25) is 0 Å². The molecule has 0 saturated heterocycles. The average Bonchev–Trinajstić information content (AvgIpc) is 3.09. The van der Waals surface area contributed by atoms with E-state index in [0.29, 0.717) is 13.1 Å². The number of carboxylic acids is 1. The first-order valence-electron chi connectivity index (χ1n) is 9.22. The van der Waals surface area contributed by atoms with Gasteiger partial charge in [0, 0.05) is 23.9 Å². The van der Waals surface area contributed by atoms with E-state index in [0.717, 1.165) is 23.2 Å². The number of aliphatic carboxylic acids is 1. The normalized spacial score (nSPS) is 12.1. The van der Waals surface area contributed by atoms with E-state index in [1.807, 2.05) is 29.1 Å². The highest BCUT2D eigenvalue weighted by Crippen LogP contribution is 2.23. The number of nitrogens with one attached hydrogen (secondary N) is 1. The maximum absolute atomic E-state index is 11.1. The Kier molecular flexibility index (Phi) is 6.04. The van der Waals surface area contributed by atoms with Crippen LogP contribution in [0.2, 0.25) is 0 Å². The largest absolute Gasteiger partial charge is 0.480 e. The molecule has 0 amide bonds. The second-order valence-corrected chi connectivity index (χ2v) is 6.68. The summed E-state index contributed by atoms with van der Waals surface area (Å²) in [6.45, 7) is 4.90. The first-order valence-corrected chi connectivity index (χ1v) is 9.22. The molecule has 3 aromatic rings. The van der Waals surface area contributed by atoms with Crippen molar-refractivity contribution in [3.8, 4) is 11.3 Å². The molecule has 5 nitrogen and oxygen atoms in total. The van der Waals surface area contributed by atoms with Crippen molar-refractivity contribution < 1.29 is 9.90 Å². The van der Waals surface area contributed by atoms with Crippen LogP contribution in [-0.2, 0) is 24.3 Å². The van der Waals surface area contributed by atoms with Crippen LogP contribution in [0.1, 0.15) is 30.5 Å². The van der Waals surface area contributed by atoms with Crippen LogP contribution in [0.3, 0.4) is 0 Å². The van der Waals surface area contributed by atoms with Gasteiger partial charge in [-0.05, 0) is 24.5 Å². The molecule has 0 spiro atoms. The summed E-state index contributed by atoms with van der Waals surface area (Å²) in [5, 5.41) is 17.0. The van der Waals surface area contributed by atoms with Gasteiger partial charge in [-0.3, -0.25) is 9.48 Å². The van der Waals surface area contributed by atoms with Gasteiger partial charge in [-0.25, -0.2) is 0 Å². The third-order valence-electron chi connectivity index (χ3n) is 4.63. The van der Waals surface area contributed by atoms with E-state index in [1.165, 1.54) is 11.1 Å². The van der Waals surface area contributed by atoms with Crippen molar-refractivity contribution in [2.24, 2.45) is 0 Å². The van der Waals surface area contributed by atoms with Crippen LogP contribution >= 0.6 is 0 Å². The lowest BCUT2D eigenvalue weighted by Gasteiger charge is -2.09. The molecule has 0 aliphatic carbocycles. The molecule has 3 rings (SSSR count). The summed E-state index contributed by atoms with van der Waals surface area (Å²) in [5.74, 6) is -0.861. The first kappa shape index (κ1) is 18.9. The van der Waals surface area contributed by atoms with Crippen LogP contribution in [0.4, 0.5) is 0 Å². The number of aromatic nitrogens is 2. The summed E-state index contributed by atoms with van der Waals surface area (Å²) in [4.78, 5) is 11.1. The maximum Gasteiger partial charge on any atom is 0.320 e. The fourth-order valence-electron chi connectivity index (χ4n) is 2.94. The molecule has 5 heteroatoms. The fraction of sp³-hybridized carbons (Fsp3) is 0.273. The number of benzene rings is 2. The molecule has 0 unspecified atom stereocenters. The monoisotopic (exact) mass is 363 g/mol. The minimum Gasteiger partial charge on any atom is -0.480 e. The van der Waals surface area contributed by atoms with Gasteiger partial charge in [0.05, 0.1) is 12.2 Å². The summed E-state index contributed by atoms with van der Waals surface area (Å²) < 4.78 is 1.92. The van der Waals surface area contributed by atoms with Gasteiger partial charge in [0.15, 0.2) is 0 Å². The van der Waals surface area contributed by atoms with Crippen LogP contribution in [0.15, 0.2) is 60.8 Å². The average molecular weight is 363 g/mol. The molecule has 140 valence electrons. The van der Waals surface area contributed by atoms with E-state index in [9.17, 15) is 4.79 Å². The predicted molar refractivity (Wildman–Crippen MR) is 107 cm³/mol. The maximum atomic E-state index is 11.1. The summed E-state index contributed by atoms with van der Waals surface area (Å²) >= 11 is 0. The predicted octanol–water partition coefficient (Wildman–Crippen LogP) is 3.72. The van der Waals surface area contributed by atoms with Crippen LogP contribution < -0.4 is 5.32 Å². The van der Waals surface area contributed by atoms with E-state index in [-0.39, 0.29) is 0 Å². The van der Waals surface area contributed by atoms with Crippen molar-refractivity contribution in [3.63, 3.8) is 0 Å². The van der Waals surface area contributed by atoms with Crippen molar-refractivity contribution >= 4 is 5.97 Å². The summed E-state index contributed by atoms with van der Waals surface area (Å²) in [5.41, 5.74) is 5.37. The van der Waals surface area contributed by atoms with Gasteiger partial charge in [0.1, 0.15) is 6.04 Å². The Balaban J connectivity index is 1.89. The molecule has 0 fully saturated rings. The minimum atomic E-state index is -0.861. The third kappa shape index (κ3) is 4.83. The highest BCUT2D eigenvalue weighted by Gasteiger charge is 2.15. The number of rotatable bonds is 8. The molecule has 27 heavy (non-hydrogen) atoms. The Morgan fingerprint density at radius 1 is 1.11 bits per heavy atom. The highest BCUT2D eigenvalue weighted by molar-refractivity contribution is 5.73. The van der Waals surface area contributed by atoms with E-state index < -0.39 is 12.0 Å². The molecule has 1 atom stereocenters. The Bertz CT molecular complexity index is 886. The van der Waals surface area contributed by atoms with Crippen LogP contribution in [-0.4, -0.2) is 26.9 Å². The summed E-state index contributed by atoms with van der Waals surface area (Å²) in [6, 6.07) is 17.9. The molecule has 0 aliphatic heterocycles. The second-order valence-electron chi connectivity index (χ2n) is 6.68. The smallest absolute Gasteiger partial charge is 0.320 e. The fourth-order valence-corrected chi connectivity index (χ4v) is 2.94. The molecule has 0 saturated carbocycles. The number of nitrogens with zero attached hydrogens (tertiary/aromatic N) is 2. The number of aryl methyl sites for hydroxylation is 1. The van der Waals surface area contributed by atoms with Gasteiger partial charge < -0.3 is 10.4 Å². The SMILES string of the molecule is CCc1ccc(-c2nn(Cc3ccccc3)cc2CN[C@@H](C)C(=O)O)cc1. The highest BCUT2D eigenvalue weighted by atomic mass is 16.4. The van der Waals surface area contributed by atoms with Gasteiger partial charge in [-0.15, -0.1) is 0 Å². The van der Waals surface area contributed by atoms with Crippen LogP contribution in [0.25, 0.3) is 11.3 Å². The van der Waals surface area contributed by atoms with Gasteiger partial charge in [0.25, 0.3) is 0 Å². The Morgan fingerprint density at radius 2 is 1.81 bits per heavy atom. The van der Waals surface area contributed by atoms with E-state index in [2.05, 4.69) is 48.6 Å². The Morgan fingerprint density at radius 3 is 2.44 bits per heavy atom. The topological polar surface area (TPSA) is 67.2 Å². The number of hydrogen-bond acceptors (Lipinski definition) is 3. The van der Waals surface area contributed by atoms with Gasteiger partial charge >= 0.3 is 5.97 Å². The zero-order valence-electron chi connectivity index (χ0n) is 15.7. The molecule has 2 aromatic carbocycles. The molecule has 0 bridgehead atoms. The van der Waals surface area contributed by atoms with Crippen molar-refractivity contribution in [1.29, 1.82) is 0 Å². The first-order chi connectivity index (χ1) is 13.1. The lowest BCUT2D eigenvalue weighted by atomic mass is 10.0. The van der Waals surface area contributed by atoms with Crippen molar-refractivity contribution in [1.82, 2.24) is 15.1 Å². The molecule has 1 aromatic heterocycles. The van der Waals surface area contributed by atoms with Crippen molar-refractivity contribution in [3.05, 3.63) is 77.5 Å². The molecule has 0 aliphatic rings. The van der Waals surface area contributed by atoms with E-state index >= 15 is 0 Å². The van der Waals surface area contributed by atoms with Crippen LogP contribution in [0.5, 0.6) is 0 Å². The summed E-state index contributed by atoms with van der Waals surface area (Å²) in [7, 11) is 0. The molecule has 1 heterocycles. The lowest BCUT2D eigenvalue weighted by Crippen LogP contribution is -2.33. The van der Waals surface area contributed by atoms with E-state index in [1.54, 1.807) is 6.92 Å². The number of carbonyl (C=O) groups is 1. The zero-order chi connectivity index (χ0) is 19.2. The Hall–Kier alpha value is -2.92. The van der Waals surface area contributed by atoms with Gasteiger partial charge in [-0.1, -0.05) is 61.5 Å². The molecule has 2 N–H and O–H groups in total. The Labute approximate surface area is 159 Å². The van der Waals surface area contributed by atoms with Crippen LogP contribution in [0, 0.1) is 0 Å². The lowest BCUT2D eigenvalue weighted by molar-refractivity contribution is -0.139. The molecular formula is C22H25N3O2. The standard InChI is InChI=1S/C22H25N3O2/c1-3-17-9-11-19(12-10-17)21-20(13-23-16(2)22(26)27)15-25(24-21)14-18-7-5-4-6-8-18/h4-12,15-16,23H,3,13-14H2,1-2H3,(H,26,27)/t16-/m0/s1.